The molecule has 0 amide bonds. The third kappa shape index (κ3) is 3.56. The molecule has 1 aliphatic heterocycles. The number of nitrogens with zero attached hydrogens (tertiary/aromatic N) is 2. The molecule has 2 aliphatic rings. The van der Waals surface area contributed by atoms with Crippen molar-refractivity contribution in [2.75, 3.05) is 19.6 Å². The number of nitrogens with one attached hydrogen (secondary N) is 1. The normalized spacial score (nSPS) is 24.1. The molecular weight excluding hydrogens is 274 g/mol. The van der Waals surface area contributed by atoms with Crippen molar-refractivity contribution in [3.63, 3.8) is 0 Å². The lowest BCUT2D eigenvalue weighted by Crippen LogP contribution is -2.37. The Labute approximate surface area is 120 Å². The molecule has 0 spiro atoms. The van der Waals surface area contributed by atoms with Crippen molar-refractivity contribution in [1.82, 2.24) is 14.6 Å². The van der Waals surface area contributed by atoms with Crippen molar-refractivity contribution >= 4 is 10.0 Å². The minimum absolute atomic E-state index is 0.211. The van der Waals surface area contributed by atoms with Crippen LogP contribution in [0.5, 0.6) is 0 Å². The Kier molecular flexibility index (Phi) is 4.05. The van der Waals surface area contributed by atoms with Crippen LogP contribution in [0.25, 0.3) is 0 Å². The highest BCUT2D eigenvalue weighted by atomic mass is 32.2. The van der Waals surface area contributed by atoms with Crippen molar-refractivity contribution in [2.45, 2.75) is 37.0 Å². The standard InChI is InChI=1S/C14H21N3O2S/c18-20(19,16-13-4-5-13)14-7-10-17(11-14)9-6-12-3-1-2-8-15-12/h1-3,8,13-14,16H,4-7,9-11H2/t14-/m0/s1. The van der Waals surface area contributed by atoms with Crippen LogP contribution >= 0.6 is 0 Å². The zero-order valence-electron chi connectivity index (χ0n) is 11.5. The van der Waals surface area contributed by atoms with Crippen LogP contribution in [0.4, 0.5) is 0 Å². The summed E-state index contributed by atoms with van der Waals surface area (Å²) in [6, 6.07) is 6.12. The van der Waals surface area contributed by atoms with Gasteiger partial charge in [0, 0.05) is 37.4 Å². The van der Waals surface area contributed by atoms with Gasteiger partial charge in [-0.3, -0.25) is 4.98 Å². The quantitative estimate of drug-likeness (QED) is 0.842. The van der Waals surface area contributed by atoms with E-state index in [1.165, 1.54) is 0 Å². The van der Waals surface area contributed by atoms with Crippen molar-refractivity contribution in [1.29, 1.82) is 0 Å². The molecule has 1 aromatic heterocycles. The van der Waals surface area contributed by atoms with Gasteiger partial charge in [-0.2, -0.15) is 0 Å². The fourth-order valence-electron chi connectivity index (χ4n) is 2.60. The second kappa shape index (κ2) is 5.79. The number of likely N-dealkylation sites (tertiary alicyclic amines) is 1. The van der Waals surface area contributed by atoms with Crippen LogP contribution in [-0.2, 0) is 16.4 Å². The summed E-state index contributed by atoms with van der Waals surface area (Å²) in [6.07, 6.45) is 5.41. The van der Waals surface area contributed by atoms with Crippen LogP contribution in [0.1, 0.15) is 25.0 Å². The van der Waals surface area contributed by atoms with Gasteiger partial charge in [0.1, 0.15) is 0 Å². The van der Waals surface area contributed by atoms with E-state index in [0.29, 0.717) is 6.54 Å². The molecule has 110 valence electrons. The Morgan fingerprint density at radius 3 is 2.85 bits per heavy atom. The van der Waals surface area contributed by atoms with Crippen LogP contribution in [0.2, 0.25) is 0 Å². The summed E-state index contributed by atoms with van der Waals surface area (Å²) in [5.74, 6) is 0. The van der Waals surface area contributed by atoms with Crippen LogP contribution in [0, 0.1) is 0 Å². The van der Waals surface area contributed by atoms with Crippen LogP contribution in [-0.4, -0.2) is 49.2 Å². The fourth-order valence-corrected chi connectivity index (χ4v) is 4.32. The van der Waals surface area contributed by atoms with Gasteiger partial charge in [-0.25, -0.2) is 13.1 Å². The summed E-state index contributed by atoms with van der Waals surface area (Å²) < 4.78 is 27.1. The summed E-state index contributed by atoms with van der Waals surface area (Å²) in [4.78, 5) is 6.53. The largest absolute Gasteiger partial charge is 0.302 e. The molecule has 0 unspecified atom stereocenters. The summed E-state index contributed by atoms with van der Waals surface area (Å²) in [5.41, 5.74) is 1.06. The molecule has 0 aromatic carbocycles. The number of sulfonamides is 1. The fraction of sp³-hybridized carbons (Fsp3) is 0.643. The van der Waals surface area contributed by atoms with E-state index in [1.807, 2.05) is 18.2 Å². The van der Waals surface area contributed by atoms with Crippen LogP contribution in [0.15, 0.2) is 24.4 Å². The second-order valence-corrected chi connectivity index (χ2v) is 7.71. The maximum atomic E-state index is 12.2. The van der Waals surface area contributed by atoms with E-state index in [-0.39, 0.29) is 11.3 Å². The Balaban J connectivity index is 1.49. The Bertz CT molecular complexity index is 543. The predicted molar refractivity (Wildman–Crippen MR) is 77.9 cm³/mol. The van der Waals surface area contributed by atoms with E-state index in [9.17, 15) is 8.42 Å². The van der Waals surface area contributed by atoms with Crippen molar-refractivity contribution in [3.05, 3.63) is 30.1 Å². The molecule has 2 heterocycles. The van der Waals surface area contributed by atoms with Crippen LogP contribution in [0.3, 0.4) is 0 Å². The molecule has 0 radical (unpaired) electrons. The van der Waals surface area contributed by atoms with E-state index in [2.05, 4.69) is 14.6 Å². The lowest BCUT2D eigenvalue weighted by atomic mass is 10.2. The van der Waals surface area contributed by atoms with E-state index >= 15 is 0 Å². The summed E-state index contributed by atoms with van der Waals surface area (Å²) in [7, 11) is -3.12. The minimum atomic E-state index is -3.12. The molecule has 1 aliphatic carbocycles. The Hall–Kier alpha value is -0.980. The molecule has 3 rings (SSSR count). The highest BCUT2D eigenvalue weighted by molar-refractivity contribution is 7.90. The molecule has 20 heavy (non-hydrogen) atoms. The first-order valence-electron chi connectivity index (χ1n) is 7.27. The van der Waals surface area contributed by atoms with Gasteiger partial charge in [0.05, 0.1) is 5.25 Å². The van der Waals surface area contributed by atoms with Gasteiger partial charge in [-0.1, -0.05) is 6.07 Å². The summed E-state index contributed by atoms with van der Waals surface area (Å²) in [6.45, 7) is 2.39. The number of aromatic nitrogens is 1. The number of pyridine rings is 1. The van der Waals surface area contributed by atoms with Crippen molar-refractivity contribution < 1.29 is 8.42 Å². The van der Waals surface area contributed by atoms with E-state index < -0.39 is 10.0 Å². The van der Waals surface area contributed by atoms with Crippen molar-refractivity contribution in [2.24, 2.45) is 0 Å². The Morgan fingerprint density at radius 2 is 2.15 bits per heavy atom. The molecule has 1 saturated carbocycles. The maximum absolute atomic E-state index is 12.2. The van der Waals surface area contributed by atoms with Crippen LogP contribution < -0.4 is 4.72 Å². The lowest BCUT2D eigenvalue weighted by molar-refractivity contribution is 0.342. The van der Waals surface area contributed by atoms with Gasteiger partial charge in [0.15, 0.2) is 0 Å². The van der Waals surface area contributed by atoms with E-state index in [1.54, 1.807) is 6.20 Å². The molecule has 1 N–H and O–H groups in total. The topological polar surface area (TPSA) is 62.3 Å². The SMILES string of the molecule is O=S(=O)(NC1CC1)[C@H]1CCN(CCc2ccccn2)C1. The van der Waals surface area contributed by atoms with Gasteiger partial charge in [0.2, 0.25) is 10.0 Å². The highest BCUT2D eigenvalue weighted by Crippen LogP contribution is 2.23. The molecule has 1 atom stereocenters. The monoisotopic (exact) mass is 295 g/mol. The third-order valence-electron chi connectivity index (χ3n) is 3.99. The lowest BCUT2D eigenvalue weighted by Gasteiger charge is -2.16. The summed E-state index contributed by atoms with van der Waals surface area (Å²) in [5, 5.41) is -0.244. The first-order chi connectivity index (χ1) is 9.63. The van der Waals surface area contributed by atoms with Gasteiger partial charge in [-0.15, -0.1) is 0 Å². The zero-order valence-corrected chi connectivity index (χ0v) is 12.3. The zero-order chi connectivity index (χ0) is 14.0. The molecule has 1 aromatic rings. The highest BCUT2D eigenvalue weighted by Gasteiger charge is 2.36. The average molecular weight is 295 g/mol. The third-order valence-corrected chi connectivity index (χ3v) is 5.91. The average Bonchev–Trinajstić information content (AvgIpc) is 3.10. The van der Waals surface area contributed by atoms with Crippen molar-refractivity contribution in [3.8, 4) is 0 Å². The van der Waals surface area contributed by atoms with E-state index in [4.69, 9.17) is 0 Å². The second-order valence-electron chi connectivity index (χ2n) is 5.72. The molecule has 5 nitrogen and oxygen atoms in total. The number of hydrogen-bond donors (Lipinski definition) is 1. The van der Waals surface area contributed by atoms with Gasteiger partial charge >= 0.3 is 0 Å². The van der Waals surface area contributed by atoms with Gasteiger partial charge in [0.25, 0.3) is 0 Å². The Morgan fingerprint density at radius 1 is 1.30 bits per heavy atom. The maximum Gasteiger partial charge on any atom is 0.216 e. The predicted octanol–water partition coefficient (Wildman–Crippen LogP) is 0.780. The van der Waals surface area contributed by atoms with Gasteiger partial charge in [-0.05, 0) is 37.9 Å². The number of hydrogen-bond acceptors (Lipinski definition) is 4. The first kappa shape index (κ1) is 14.0. The smallest absolute Gasteiger partial charge is 0.216 e. The first-order valence-corrected chi connectivity index (χ1v) is 8.81. The number of rotatable bonds is 6. The molecular formula is C14H21N3O2S. The minimum Gasteiger partial charge on any atom is -0.302 e. The van der Waals surface area contributed by atoms with Gasteiger partial charge < -0.3 is 4.90 Å². The summed E-state index contributed by atoms with van der Waals surface area (Å²) >= 11 is 0. The van der Waals surface area contributed by atoms with E-state index in [0.717, 1.165) is 44.5 Å². The molecule has 1 saturated heterocycles. The molecule has 6 heteroatoms. The molecule has 0 bridgehead atoms. The molecule has 2 fully saturated rings.